The summed E-state index contributed by atoms with van der Waals surface area (Å²) in [6.07, 6.45) is -0.553. The molecule has 3 aromatic carbocycles. The van der Waals surface area contributed by atoms with Gasteiger partial charge in [0.25, 0.3) is 0 Å². The molecule has 2 N–H and O–H groups in total. The van der Waals surface area contributed by atoms with Gasteiger partial charge < -0.3 is 19.7 Å². The Bertz CT molecular complexity index is 1220. The number of amides is 1. The number of carbonyl (C=O) groups excluding carboxylic acids is 2. The normalized spacial score (nSPS) is 14.7. The number of nitrogens with zero attached hydrogens (tertiary/aromatic N) is 1. The Morgan fingerprint density at radius 3 is 2.26 bits per heavy atom. The Balaban J connectivity index is 1.36. The highest BCUT2D eigenvalue weighted by atomic mass is 16.5. The quantitative estimate of drug-likeness (QED) is 0.532. The topological polar surface area (TPSA) is 79.9 Å². The second kappa shape index (κ2) is 9.80. The molecule has 0 spiro atoms. The van der Waals surface area contributed by atoms with E-state index in [-0.39, 0.29) is 12.5 Å². The van der Waals surface area contributed by atoms with Crippen molar-refractivity contribution in [2.45, 2.75) is 12.8 Å². The van der Waals surface area contributed by atoms with Crippen LogP contribution < -0.4 is 15.5 Å². The van der Waals surface area contributed by atoms with Crippen LogP contribution in [0.3, 0.4) is 0 Å². The van der Waals surface area contributed by atoms with Gasteiger partial charge in [0.05, 0.1) is 12.7 Å². The van der Waals surface area contributed by atoms with Gasteiger partial charge in [0.15, 0.2) is 0 Å². The lowest BCUT2D eigenvalue weighted by Crippen LogP contribution is -2.43. The standard InChI is InChI=1S/C28H29N3O4/c1-18-24(27(32)34-2)15-19(31-13-11-29-12-14-31)16-26(18)30-28(33)35-17-25-22-9-5-3-7-20(22)21-8-4-6-10-23(21)25/h3-10,15-16,25,29H,11-14,17H2,1-2H3,(H,30,33). The Kier molecular flexibility index (Phi) is 6.42. The fraction of sp³-hybridized carbons (Fsp3) is 0.286. The van der Waals surface area contributed by atoms with Crippen molar-refractivity contribution in [3.63, 3.8) is 0 Å². The van der Waals surface area contributed by atoms with E-state index in [9.17, 15) is 9.59 Å². The van der Waals surface area contributed by atoms with Gasteiger partial charge in [0.1, 0.15) is 6.61 Å². The van der Waals surface area contributed by atoms with Crippen LogP contribution in [0.4, 0.5) is 16.2 Å². The first-order chi connectivity index (χ1) is 17.1. The van der Waals surface area contributed by atoms with Gasteiger partial charge in [-0.3, -0.25) is 5.32 Å². The van der Waals surface area contributed by atoms with E-state index < -0.39 is 12.1 Å². The summed E-state index contributed by atoms with van der Waals surface area (Å²) in [5.41, 5.74) is 7.16. The molecule has 1 heterocycles. The van der Waals surface area contributed by atoms with Crippen molar-refractivity contribution in [2.24, 2.45) is 0 Å². The minimum Gasteiger partial charge on any atom is -0.465 e. The molecule has 35 heavy (non-hydrogen) atoms. The van der Waals surface area contributed by atoms with Crippen LogP contribution in [0.25, 0.3) is 11.1 Å². The molecule has 0 saturated carbocycles. The summed E-state index contributed by atoms with van der Waals surface area (Å²) in [6, 6.07) is 20.2. The largest absolute Gasteiger partial charge is 0.465 e. The number of fused-ring (bicyclic) bond motifs is 3. The van der Waals surface area contributed by atoms with Gasteiger partial charge >= 0.3 is 12.1 Å². The summed E-state index contributed by atoms with van der Waals surface area (Å²) >= 11 is 0. The molecular formula is C28H29N3O4. The predicted octanol–water partition coefficient (Wildman–Crippen LogP) is 4.55. The van der Waals surface area contributed by atoms with Gasteiger partial charge in [-0.1, -0.05) is 48.5 Å². The van der Waals surface area contributed by atoms with Crippen molar-refractivity contribution < 1.29 is 19.1 Å². The lowest BCUT2D eigenvalue weighted by molar-refractivity contribution is 0.0600. The molecule has 3 aromatic rings. The molecule has 0 aromatic heterocycles. The first-order valence-corrected chi connectivity index (χ1v) is 11.9. The maximum atomic E-state index is 12.9. The third-order valence-electron chi connectivity index (χ3n) is 6.86. The number of piperazine rings is 1. The zero-order valence-electron chi connectivity index (χ0n) is 20.0. The van der Waals surface area contributed by atoms with Gasteiger partial charge in [0, 0.05) is 43.5 Å². The summed E-state index contributed by atoms with van der Waals surface area (Å²) in [5, 5.41) is 6.20. The predicted molar refractivity (Wildman–Crippen MR) is 136 cm³/mol. The highest BCUT2D eigenvalue weighted by Gasteiger charge is 2.29. The number of esters is 1. The molecule has 2 aliphatic rings. The number of carbonyl (C=O) groups is 2. The minimum atomic E-state index is -0.553. The number of methoxy groups -OCH3 is 1. The van der Waals surface area contributed by atoms with E-state index in [0.29, 0.717) is 16.8 Å². The van der Waals surface area contributed by atoms with Crippen LogP contribution in [0.5, 0.6) is 0 Å². The lowest BCUT2D eigenvalue weighted by atomic mass is 9.98. The van der Waals surface area contributed by atoms with Gasteiger partial charge in [-0.15, -0.1) is 0 Å². The Morgan fingerprint density at radius 2 is 1.63 bits per heavy atom. The summed E-state index contributed by atoms with van der Waals surface area (Å²) in [4.78, 5) is 27.5. The summed E-state index contributed by atoms with van der Waals surface area (Å²) in [5.74, 6) is -0.456. The zero-order valence-corrected chi connectivity index (χ0v) is 20.0. The number of nitrogens with one attached hydrogen (secondary N) is 2. The van der Waals surface area contributed by atoms with Crippen LogP contribution >= 0.6 is 0 Å². The van der Waals surface area contributed by atoms with Crippen molar-refractivity contribution >= 4 is 23.4 Å². The van der Waals surface area contributed by atoms with E-state index in [1.807, 2.05) is 36.4 Å². The van der Waals surface area contributed by atoms with Crippen molar-refractivity contribution in [3.8, 4) is 11.1 Å². The van der Waals surface area contributed by atoms with Crippen molar-refractivity contribution in [1.82, 2.24) is 5.32 Å². The molecule has 7 nitrogen and oxygen atoms in total. The molecule has 1 fully saturated rings. The number of anilines is 2. The van der Waals surface area contributed by atoms with Crippen molar-refractivity contribution in [2.75, 3.05) is 50.1 Å². The lowest BCUT2D eigenvalue weighted by Gasteiger charge is -2.30. The fourth-order valence-electron chi connectivity index (χ4n) is 5.00. The number of hydrogen-bond donors (Lipinski definition) is 2. The van der Waals surface area contributed by atoms with Gasteiger partial charge in [-0.2, -0.15) is 0 Å². The van der Waals surface area contributed by atoms with Gasteiger partial charge in [0.2, 0.25) is 0 Å². The van der Waals surface area contributed by atoms with Crippen LogP contribution in [-0.2, 0) is 9.47 Å². The zero-order chi connectivity index (χ0) is 24.4. The fourth-order valence-corrected chi connectivity index (χ4v) is 5.00. The van der Waals surface area contributed by atoms with Gasteiger partial charge in [-0.05, 0) is 46.9 Å². The Labute approximate surface area is 205 Å². The Hall–Kier alpha value is -3.84. The molecule has 180 valence electrons. The van der Waals surface area contributed by atoms with Crippen LogP contribution in [0.15, 0.2) is 60.7 Å². The van der Waals surface area contributed by atoms with E-state index in [1.54, 1.807) is 6.92 Å². The Morgan fingerprint density at radius 1 is 1.00 bits per heavy atom. The number of benzene rings is 3. The maximum Gasteiger partial charge on any atom is 0.411 e. The SMILES string of the molecule is COC(=O)c1cc(N2CCNCC2)cc(NC(=O)OCC2c3ccccc3-c3ccccc32)c1C. The maximum absolute atomic E-state index is 12.9. The molecule has 1 saturated heterocycles. The van der Waals surface area contributed by atoms with E-state index in [2.05, 4.69) is 39.8 Å². The van der Waals surface area contributed by atoms with Crippen molar-refractivity contribution in [3.05, 3.63) is 82.9 Å². The average molecular weight is 472 g/mol. The summed E-state index contributed by atoms with van der Waals surface area (Å²) in [7, 11) is 1.36. The minimum absolute atomic E-state index is 0.0212. The summed E-state index contributed by atoms with van der Waals surface area (Å²) < 4.78 is 10.7. The molecular weight excluding hydrogens is 442 g/mol. The van der Waals surface area contributed by atoms with Crippen LogP contribution in [0.1, 0.15) is 33.0 Å². The molecule has 0 radical (unpaired) electrons. The van der Waals surface area contributed by atoms with E-state index in [1.165, 1.54) is 18.2 Å². The summed E-state index contributed by atoms with van der Waals surface area (Å²) in [6.45, 7) is 5.36. The molecule has 1 aliphatic carbocycles. The molecule has 0 unspecified atom stereocenters. The number of ether oxygens (including phenoxy) is 2. The highest BCUT2D eigenvalue weighted by Crippen LogP contribution is 2.44. The van der Waals surface area contributed by atoms with Gasteiger partial charge in [-0.25, -0.2) is 9.59 Å². The van der Waals surface area contributed by atoms with E-state index in [4.69, 9.17) is 9.47 Å². The second-order valence-electron chi connectivity index (χ2n) is 8.85. The first-order valence-electron chi connectivity index (χ1n) is 11.9. The molecule has 1 aliphatic heterocycles. The molecule has 1 amide bonds. The second-order valence-corrected chi connectivity index (χ2v) is 8.85. The van der Waals surface area contributed by atoms with Crippen molar-refractivity contribution in [1.29, 1.82) is 0 Å². The number of rotatable bonds is 5. The van der Waals surface area contributed by atoms with Crippen LogP contribution in [0, 0.1) is 6.92 Å². The third kappa shape index (κ3) is 4.47. The monoisotopic (exact) mass is 471 g/mol. The number of hydrogen-bond acceptors (Lipinski definition) is 6. The molecule has 0 bridgehead atoms. The molecule has 5 rings (SSSR count). The molecule has 7 heteroatoms. The highest BCUT2D eigenvalue weighted by molar-refractivity contribution is 5.97. The van der Waals surface area contributed by atoms with Crippen LogP contribution in [0.2, 0.25) is 0 Å². The smallest absolute Gasteiger partial charge is 0.411 e. The van der Waals surface area contributed by atoms with E-state index >= 15 is 0 Å². The van der Waals surface area contributed by atoms with Crippen LogP contribution in [-0.4, -0.2) is 52.0 Å². The van der Waals surface area contributed by atoms with E-state index in [0.717, 1.165) is 43.0 Å². The average Bonchev–Trinajstić information content (AvgIpc) is 3.22. The molecule has 0 atom stereocenters. The third-order valence-corrected chi connectivity index (χ3v) is 6.86. The first kappa shape index (κ1) is 22.9.